The van der Waals surface area contributed by atoms with Gasteiger partial charge in [0.25, 0.3) is 5.56 Å². The fourth-order valence-corrected chi connectivity index (χ4v) is 4.06. The van der Waals surface area contributed by atoms with Crippen LogP contribution in [0.3, 0.4) is 0 Å². The van der Waals surface area contributed by atoms with Crippen LogP contribution in [0.2, 0.25) is 4.34 Å². The lowest BCUT2D eigenvalue weighted by Gasteiger charge is -2.13. The third kappa shape index (κ3) is 4.70. The van der Waals surface area contributed by atoms with Gasteiger partial charge < -0.3 is 10.1 Å². The Morgan fingerprint density at radius 2 is 2.06 bits per heavy atom. The maximum absolute atomic E-state index is 12.6. The summed E-state index contributed by atoms with van der Waals surface area (Å²) in [6, 6.07) is 7.62. The number of benzene rings is 1. The molecule has 0 atom stereocenters. The van der Waals surface area contributed by atoms with Crippen molar-refractivity contribution in [2.75, 3.05) is 5.32 Å². The number of alkyl halides is 3. The highest BCUT2D eigenvalue weighted by atomic mass is 35.5. The first-order valence-electron chi connectivity index (χ1n) is 8.54. The summed E-state index contributed by atoms with van der Waals surface area (Å²) in [7, 11) is 0. The van der Waals surface area contributed by atoms with E-state index in [0.29, 0.717) is 26.1 Å². The Balaban J connectivity index is 1.61. The lowest BCUT2D eigenvalue weighted by atomic mass is 10.2. The molecule has 0 aliphatic carbocycles. The fourth-order valence-electron chi connectivity index (χ4n) is 2.92. The van der Waals surface area contributed by atoms with E-state index in [0.717, 1.165) is 34.1 Å². The van der Waals surface area contributed by atoms with E-state index in [-0.39, 0.29) is 12.1 Å². The maximum Gasteiger partial charge on any atom is 0.573 e. The molecule has 2 N–H and O–H groups in total. The molecular weight excluding hydrogens is 459 g/mol. The summed E-state index contributed by atoms with van der Waals surface area (Å²) in [6.45, 7) is -0.374. The maximum atomic E-state index is 12.6. The molecule has 0 saturated carbocycles. The van der Waals surface area contributed by atoms with Gasteiger partial charge in [0.05, 0.1) is 15.4 Å². The number of anilines is 1. The number of aromatic nitrogens is 4. The minimum Gasteiger partial charge on any atom is -0.406 e. The first kappa shape index (κ1) is 20.9. The van der Waals surface area contributed by atoms with Crippen molar-refractivity contribution in [1.82, 2.24) is 19.7 Å². The third-order valence-corrected chi connectivity index (χ3v) is 5.30. The number of halogens is 4. The van der Waals surface area contributed by atoms with Gasteiger partial charge in [0.1, 0.15) is 23.6 Å². The van der Waals surface area contributed by atoms with Crippen LogP contribution < -0.4 is 15.6 Å². The van der Waals surface area contributed by atoms with Crippen molar-refractivity contribution in [1.29, 1.82) is 0 Å². The van der Waals surface area contributed by atoms with Crippen molar-refractivity contribution in [2.45, 2.75) is 12.9 Å². The number of ether oxygens (including phenoxy) is 1. The number of nitrogens with zero attached hydrogens (tertiary/aromatic N) is 3. The van der Waals surface area contributed by atoms with Gasteiger partial charge in [0.15, 0.2) is 5.82 Å². The zero-order valence-electron chi connectivity index (χ0n) is 15.2. The van der Waals surface area contributed by atoms with Gasteiger partial charge in [0.2, 0.25) is 5.91 Å². The van der Waals surface area contributed by atoms with Crippen molar-refractivity contribution < 1.29 is 22.7 Å². The SMILES string of the molecule is O=C(Cn1c(=O)ccc2cc(OC(F)(F)F)ccc21)Nc1sc(Cl)cc1-c1ncn[nH]1. The Morgan fingerprint density at radius 3 is 2.77 bits per heavy atom. The highest BCUT2D eigenvalue weighted by Crippen LogP contribution is 2.37. The van der Waals surface area contributed by atoms with Crippen LogP contribution >= 0.6 is 22.9 Å². The van der Waals surface area contributed by atoms with Gasteiger partial charge in [-0.3, -0.25) is 19.3 Å². The number of carbonyl (C=O) groups is 1. The topological polar surface area (TPSA) is 102 Å². The number of rotatable bonds is 5. The van der Waals surface area contributed by atoms with Crippen molar-refractivity contribution in [2.24, 2.45) is 0 Å². The molecule has 1 aromatic carbocycles. The Morgan fingerprint density at radius 1 is 1.26 bits per heavy atom. The highest BCUT2D eigenvalue weighted by molar-refractivity contribution is 7.20. The standard InChI is InChI=1S/C18H11ClF3N5O3S/c19-13-6-11(16-23-8-24-26-16)17(31-13)25-14(28)7-27-12-3-2-10(30-18(20,21)22)5-9(12)1-4-15(27)29/h1-6,8H,7H2,(H,25,28)(H,23,24,26). The number of fused-ring (bicyclic) bond motifs is 1. The number of pyridine rings is 1. The largest absolute Gasteiger partial charge is 0.573 e. The predicted octanol–water partition coefficient (Wildman–Crippen LogP) is 4.04. The van der Waals surface area contributed by atoms with Crippen molar-refractivity contribution in [3.05, 3.63) is 57.4 Å². The summed E-state index contributed by atoms with van der Waals surface area (Å²) in [6.07, 6.45) is -3.54. The molecule has 0 unspecified atom stereocenters. The van der Waals surface area contributed by atoms with E-state index in [1.807, 2.05) is 0 Å². The molecule has 3 heterocycles. The quantitative estimate of drug-likeness (QED) is 0.459. The first-order valence-corrected chi connectivity index (χ1v) is 9.73. The van der Waals surface area contributed by atoms with Crippen LogP contribution in [-0.2, 0) is 11.3 Å². The van der Waals surface area contributed by atoms with E-state index in [2.05, 4.69) is 25.2 Å². The van der Waals surface area contributed by atoms with Crippen molar-refractivity contribution >= 4 is 44.7 Å². The van der Waals surface area contributed by atoms with Crippen molar-refractivity contribution in [3.63, 3.8) is 0 Å². The molecule has 0 aliphatic rings. The molecule has 160 valence electrons. The van der Waals surface area contributed by atoms with E-state index in [9.17, 15) is 22.8 Å². The Hall–Kier alpha value is -3.38. The third-order valence-electron chi connectivity index (χ3n) is 4.12. The molecule has 0 spiro atoms. The van der Waals surface area contributed by atoms with E-state index in [4.69, 9.17) is 11.6 Å². The zero-order chi connectivity index (χ0) is 22.2. The Labute approximate surface area is 180 Å². The van der Waals surface area contributed by atoms with E-state index in [1.54, 1.807) is 6.07 Å². The van der Waals surface area contributed by atoms with Gasteiger partial charge in [-0.1, -0.05) is 11.6 Å². The van der Waals surface area contributed by atoms with Crippen LogP contribution in [0.15, 0.2) is 47.5 Å². The van der Waals surface area contributed by atoms with E-state index >= 15 is 0 Å². The normalized spacial score (nSPS) is 11.6. The summed E-state index contributed by atoms with van der Waals surface area (Å²) in [5.41, 5.74) is 0.309. The van der Waals surface area contributed by atoms with Crippen LogP contribution in [0.4, 0.5) is 18.2 Å². The second-order valence-corrected chi connectivity index (χ2v) is 7.89. The average molecular weight is 470 g/mol. The van der Waals surface area contributed by atoms with Crippen LogP contribution in [0.25, 0.3) is 22.3 Å². The van der Waals surface area contributed by atoms with Gasteiger partial charge in [-0.05, 0) is 30.3 Å². The molecule has 0 saturated heterocycles. The summed E-state index contributed by atoms with van der Waals surface area (Å²) in [4.78, 5) is 29.0. The monoisotopic (exact) mass is 469 g/mol. The predicted molar refractivity (Wildman–Crippen MR) is 108 cm³/mol. The molecule has 0 fully saturated rings. The molecule has 1 amide bonds. The summed E-state index contributed by atoms with van der Waals surface area (Å²) >= 11 is 7.15. The van der Waals surface area contributed by atoms with Gasteiger partial charge >= 0.3 is 6.36 Å². The van der Waals surface area contributed by atoms with Crippen molar-refractivity contribution in [3.8, 4) is 17.1 Å². The zero-order valence-corrected chi connectivity index (χ0v) is 16.8. The lowest BCUT2D eigenvalue weighted by Crippen LogP contribution is -2.27. The van der Waals surface area contributed by atoms with Gasteiger partial charge in [-0.25, -0.2) is 4.98 Å². The number of aromatic amines is 1. The minimum atomic E-state index is -4.84. The molecule has 8 nitrogen and oxygen atoms in total. The van der Waals surface area contributed by atoms with Gasteiger partial charge in [-0.2, -0.15) is 5.10 Å². The van der Waals surface area contributed by atoms with Gasteiger partial charge in [0, 0.05) is 11.5 Å². The molecule has 0 radical (unpaired) electrons. The number of amides is 1. The number of thiophene rings is 1. The smallest absolute Gasteiger partial charge is 0.406 e. The van der Waals surface area contributed by atoms with Crippen LogP contribution in [0, 0.1) is 0 Å². The molecule has 0 bridgehead atoms. The number of H-pyrrole nitrogens is 1. The number of nitrogens with one attached hydrogen (secondary N) is 2. The molecular formula is C18H11ClF3N5O3S. The molecule has 13 heteroatoms. The Kier molecular flexibility index (Phi) is 5.41. The second kappa shape index (κ2) is 8.04. The number of carbonyl (C=O) groups excluding carboxylic acids is 1. The summed E-state index contributed by atoms with van der Waals surface area (Å²) in [5, 5.41) is 9.81. The minimum absolute atomic E-state index is 0.275. The second-order valence-electron chi connectivity index (χ2n) is 6.20. The summed E-state index contributed by atoms with van der Waals surface area (Å²) in [5.74, 6) is -0.568. The number of hydrogen-bond donors (Lipinski definition) is 2. The fraction of sp³-hybridized carbons (Fsp3) is 0.111. The molecule has 4 rings (SSSR count). The van der Waals surface area contributed by atoms with Crippen LogP contribution in [0.1, 0.15) is 0 Å². The van der Waals surface area contributed by atoms with E-state index in [1.165, 1.54) is 18.5 Å². The lowest BCUT2D eigenvalue weighted by molar-refractivity contribution is -0.274. The average Bonchev–Trinajstić information content (AvgIpc) is 3.32. The first-order chi connectivity index (χ1) is 14.7. The molecule has 4 aromatic rings. The Bertz CT molecular complexity index is 1320. The highest BCUT2D eigenvalue weighted by Gasteiger charge is 2.31. The molecule has 0 aliphatic heterocycles. The molecule has 3 aromatic heterocycles. The molecule has 31 heavy (non-hydrogen) atoms. The van der Waals surface area contributed by atoms with Gasteiger partial charge in [-0.15, -0.1) is 24.5 Å². The van der Waals surface area contributed by atoms with Crippen LogP contribution in [-0.4, -0.2) is 32.0 Å². The number of hydrogen-bond acceptors (Lipinski definition) is 6. The van der Waals surface area contributed by atoms with Crippen LogP contribution in [0.5, 0.6) is 5.75 Å². The summed E-state index contributed by atoms with van der Waals surface area (Å²) < 4.78 is 42.8. The van der Waals surface area contributed by atoms with E-state index < -0.39 is 23.6 Å².